The van der Waals surface area contributed by atoms with Gasteiger partial charge >= 0.3 is 0 Å². The van der Waals surface area contributed by atoms with E-state index in [4.69, 9.17) is 4.52 Å². The molecule has 1 aliphatic rings. The highest BCUT2D eigenvalue weighted by molar-refractivity contribution is 5.96. The van der Waals surface area contributed by atoms with Crippen molar-refractivity contribution in [2.45, 2.75) is 26.2 Å². The SMILES string of the molecule is Cc1cc(C)cc(N2CC(c3nc(-c4cccc(F)c4)no3)CC2=O)c1. The molecule has 3 aromatic rings. The van der Waals surface area contributed by atoms with Crippen LogP contribution in [0, 0.1) is 19.7 Å². The molecular weight excluding hydrogens is 333 g/mol. The van der Waals surface area contributed by atoms with Crippen LogP contribution in [0.4, 0.5) is 10.1 Å². The van der Waals surface area contributed by atoms with Crippen LogP contribution >= 0.6 is 0 Å². The Morgan fingerprint density at radius 3 is 2.65 bits per heavy atom. The molecule has 0 bridgehead atoms. The number of hydrogen-bond donors (Lipinski definition) is 0. The van der Waals surface area contributed by atoms with Gasteiger partial charge in [0.1, 0.15) is 5.82 Å². The molecule has 0 saturated carbocycles. The maximum Gasteiger partial charge on any atom is 0.232 e. The first kappa shape index (κ1) is 16.4. The first-order valence-electron chi connectivity index (χ1n) is 8.48. The van der Waals surface area contributed by atoms with E-state index in [0.717, 1.165) is 16.8 Å². The molecule has 0 aliphatic carbocycles. The predicted molar refractivity (Wildman–Crippen MR) is 95.3 cm³/mol. The molecule has 1 atom stereocenters. The highest BCUT2D eigenvalue weighted by Gasteiger charge is 2.35. The van der Waals surface area contributed by atoms with Crippen LogP contribution in [-0.4, -0.2) is 22.6 Å². The van der Waals surface area contributed by atoms with Crippen LogP contribution in [0.2, 0.25) is 0 Å². The average Bonchev–Trinajstić information content (AvgIpc) is 3.20. The molecule has 1 unspecified atom stereocenters. The van der Waals surface area contributed by atoms with E-state index in [9.17, 15) is 9.18 Å². The molecule has 0 radical (unpaired) electrons. The molecule has 6 heteroatoms. The van der Waals surface area contributed by atoms with E-state index >= 15 is 0 Å². The molecule has 4 rings (SSSR count). The summed E-state index contributed by atoms with van der Waals surface area (Å²) in [6, 6.07) is 12.1. The van der Waals surface area contributed by atoms with E-state index in [-0.39, 0.29) is 17.6 Å². The quantitative estimate of drug-likeness (QED) is 0.715. The molecular formula is C20H18FN3O2. The van der Waals surface area contributed by atoms with Gasteiger partial charge in [-0.05, 0) is 49.2 Å². The molecule has 0 spiro atoms. The summed E-state index contributed by atoms with van der Waals surface area (Å²) in [5, 5.41) is 3.94. The van der Waals surface area contributed by atoms with E-state index in [1.807, 2.05) is 26.0 Å². The molecule has 1 amide bonds. The Bertz CT molecular complexity index is 962. The van der Waals surface area contributed by atoms with Crippen molar-refractivity contribution in [2.24, 2.45) is 0 Å². The number of amides is 1. The highest BCUT2D eigenvalue weighted by Crippen LogP contribution is 2.32. The van der Waals surface area contributed by atoms with E-state index in [1.165, 1.54) is 12.1 Å². The second-order valence-electron chi connectivity index (χ2n) is 6.72. The van der Waals surface area contributed by atoms with Gasteiger partial charge < -0.3 is 9.42 Å². The minimum absolute atomic E-state index is 0.0329. The zero-order valence-electron chi connectivity index (χ0n) is 14.6. The number of carbonyl (C=O) groups is 1. The fourth-order valence-electron chi connectivity index (χ4n) is 3.37. The first-order valence-corrected chi connectivity index (χ1v) is 8.48. The summed E-state index contributed by atoms with van der Waals surface area (Å²) < 4.78 is 18.7. The third-order valence-electron chi connectivity index (χ3n) is 4.52. The maximum absolute atomic E-state index is 13.4. The maximum atomic E-state index is 13.4. The van der Waals surface area contributed by atoms with E-state index < -0.39 is 0 Å². The van der Waals surface area contributed by atoms with Crippen molar-refractivity contribution in [3.8, 4) is 11.4 Å². The lowest BCUT2D eigenvalue weighted by Gasteiger charge is -2.17. The van der Waals surface area contributed by atoms with Crippen LogP contribution in [0.25, 0.3) is 11.4 Å². The number of halogens is 1. The Morgan fingerprint density at radius 2 is 1.92 bits per heavy atom. The average molecular weight is 351 g/mol. The Morgan fingerprint density at radius 1 is 1.15 bits per heavy atom. The van der Waals surface area contributed by atoms with Gasteiger partial charge in [-0.3, -0.25) is 4.79 Å². The molecule has 26 heavy (non-hydrogen) atoms. The van der Waals surface area contributed by atoms with Crippen LogP contribution in [0.15, 0.2) is 47.0 Å². The summed E-state index contributed by atoms with van der Waals surface area (Å²) in [5.74, 6) is 0.246. The van der Waals surface area contributed by atoms with Gasteiger partial charge in [0.2, 0.25) is 17.6 Å². The molecule has 132 valence electrons. The number of carbonyl (C=O) groups excluding carboxylic acids is 1. The molecule has 0 N–H and O–H groups in total. The zero-order chi connectivity index (χ0) is 18.3. The Kier molecular flexibility index (Phi) is 4.03. The smallest absolute Gasteiger partial charge is 0.232 e. The van der Waals surface area contributed by atoms with Gasteiger partial charge in [0, 0.05) is 24.2 Å². The summed E-state index contributed by atoms with van der Waals surface area (Å²) in [5.41, 5.74) is 3.67. The molecule has 2 aromatic carbocycles. The van der Waals surface area contributed by atoms with Gasteiger partial charge in [-0.15, -0.1) is 0 Å². The zero-order valence-corrected chi connectivity index (χ0v) is 14.6. The standard InChI is InChI=1S/C20H18FN3O2/c1-12-6-13(2)8-17(7-12)24-11-15(10-18(24)25)20-22-19(23-26-20)14-4-3-5-16(21)9-14/h3-9,15H,10-11H2,1-2H3. The fraction of sp³-hybridized carbons (Fsp3) is 0.250. The Balaban J connectivity index is 1.58. The molecule has 2 heterocycles. The third kappa shape index (κ3) is 3.10. The summed E-state index contributed by atoms with van der Waals surface area (Å²) in [6.45, 7) is 4.52. The second kappa shape index (κ2) is 6.37. The Labute approximate surface area is 150 Å². The van der Waals surface area contributed by atoms with Crippen molar-refractivity contribution in [3.05, 3.63) is 65.3 Å². The largest absolute Gasteiger partial charge is 0.339 e. The van der Waals surface area contributed by atoms with Crippen LogP contribution in [0.1, 0.15) is 29.4 Å². The van der Waals surface area contributed by atoms with E-state index in [2.05, 4.69) is 16.2 Å². The number of aryl methyl sites for hydroxylation is 2. The van der Waals surface area contributed by atoms with Crippen molar-refractivity contribution in [2.75, 3.05) is 11.4 Å². The first-order chi connectivity index (χ1) is 12.5. The minimum atomic E-state index is -0.356. The van der Waals surface area contributed by atoms with Crippen molar-refractivity contribution in [1.82, 2.24) is 10.1 Å². The van der Waals surface area contributed by atoms with Gasteiger partial charge in [0.05, 0.1) is 5.92 Å². The lowest BCUT2D eigenvalue weighted by atomic mass is 10.1. The van der Waals surface area contributed by atoms with Crippen molar-refractivity contribution in [1.29, 1.82) is 0 Å². The molecule has 1 saturated heterocycles. The van der Waals surface area contributed by atoms with Crippen molar-refractivity contribution < 1.29 is 13.7 Å². The summed E-state index contributed by atoms with van der Waals surface area (Å²) in [4.78, 5) is 18.6. The normalized spacial score (nSPS) is 17.1. The number of rotatable bonds is 3. The highest BCUT2D eigenvalue weighted by atomic mass is 19.1. The topological polar surface area (TPSA) is 59.2 Å². The van der Waals surface area contributed by atoms with Gasteiger partial charge in [-0.25, -0.2) is 4.39 Å². The van der Waals surface area contributed by atoms with Crippen LogP contribution in [-0.2, 0) is 4.79 Å². The Hall–Kier alpha value is -3.02. The lowest BCUT2D eigenvalue weighted by Crippen LogP contribution is -2.24. The van der Waals surface area contributed by atoms with Crippen molar-refractivity contribution in [3.63, 3.8) is 0 Å². The number of nitrogens with zero attached hydrogens (tertiary/aromatic N) is 3. The second-order valence-corrected chi connectivity index (χ2v) is 6.72. The van der Waals surface area contributed by atoms with Crippen molar-refractivity contribution >= 4 is 11.6 Å². The minimum Gasteiger partial charge on any atom is -0.339 e. The molecule has 1 aliphatic heterocycles. The molecule has 1 aromatic heterocycles. The number of benzene rings is 2. The van der Waals surface area contributed by atoms with Crippen LogP contribution in [0.3, 0.4) is 0 Å². The number of hydrogen-bond acceptors (Lipinski definition) is 4. The number of anilines is 1. The number of aromatic nitrogens is 2. The monoisotopic (exact) mass is 351 g/mol. The molecule has 1 fully saturated rings. The summed E-state index contributed by atoms with van der Waals surface area (Å²) >= 11 is 0. The summed E-state index contributed by atoms with van der Waals surface area (Å²) in [7, 11) is 0. The third-order valence-corrected chi connectivity index (χ3v) is 4.52. The van der Waals surface area contributed by atoms with Gasteiger partial charge in [-0.2, -0.15) is 4.98 Å². The van der Waals surface area contributed by atoms with Gasteiger partial charge in [0.25, 0.3) is 0 Å². The van der Waals surface area contributed by atoms with Gasteiger partial charge in [0.15, 0.2) is 0 Å². The summed E-state index contributed by atoms with van der Waals surface area (Å²) in [6.07, 6.45) is 0.317. The lowest BCUT2D eigenvalue weighted by molar-refractivity contribution is -0.117. The predicted octanol–water partition coefficient (Wildman–Crippen LogP) is 4.01. The van der Waals surface area contributed by atoms with Crippen LogP contribution < -0.4 is 4.90 Å². The van der Waals surface area contributed by atoms with Crippen LogP contribution in [0.5, 0.6) is 0 Å². The van der Waals surface area contributed by atoms with E-state index in [1.54, 1.807) is 17.0 Å². The van der Waals surface area contributed by atoms with E-state index in [0.29, 0.717) is 30.2 Å². The van der Waals surface area contributed by atoms with Gasteiger partial charge in [-0.1, -0.05) is 23.4 Å². The fourth-order valence-corrected chi connectivity index (χ4v) is 3.37. The molecule has 5 nitrogen and oxygen atoms in total.